The van der Waals surface area contributed by atoms with E-state index < -0.39 is 6.10 Å². The lowest BCUT2D eigenvalue weighted by molar-refractivity contribution is -0.126. The van der Waals surface area contributed by atoms with Gasteiger partial charge in [0, 0.05) is 25.6 Å². The number of hydrogen-bond donors (Lipinski definition) is 1. The first kappa shape index (κ1) is 15.9. The number of aromatic nitrogens is 3. The minimum absolute atomic E-state index is 0.258. The van der Waals surface area contributed by atoms with Gasteiger partial charge in [0.2, 0.25) is 0 Å². The molecule has 0 aliphatic heterocycles. The summed E-state index contributed by atoms with van der Waals surface area (Å²) in [6, 6.07) is 16.8. The van der Waals surface area contributed by atoms with Crippen LogP contribution in [0.5, 0.6) is 0 Å². The van der Waals surface area contributed by atoms with Gasteiger partial charge < -0.3 is 10.1 Å². The summed E-state index contributed by atoms with van der Waals surface area (Å²) in [7, 11) is 1.51. The lowest BCUT2D eigenvalue weighted by Gasteiger charge is -2.14. The van der Waals surface area contributed by atoms with Gasteiger partial charge in [0.1, 0.15) is 0 Å². The first-order valence-corrected chi connectivity index (χ1v) is 7.58. The lowest BCUT2D eigenvalue weighted by atomic mass is 10.1. The molecule has 6 nitrogen and oxygen atoms in total. The number of nitrogens with zero attached hydrogens (tertiary/aromatic N) is 3. The molecule has 0 saturated carbocycles. The fraction of sp³-hybridized carbons (Fsp3) is 0.167. The number of nitrogens with one attached hydrogen (secondary N) is 1. The van der Waals surface area contributed by atoms with Gasteiger partial charge in [0.25, 0.3) is 5.91 Å². The number of anilines is 1. The van der Waals surface area contributed by atoms with Crippen molar-refractivity contribution in [3.05, 3.63) is 78.2 Å². The average molecular weight is 322 g/mol. The molecule has 1 aromatic carbocycles. The Morgan fingerprint density at radius 3 is 2.67 bits per heavy atom. The molecule has 2 heterocycles. The molecular weight excluding hydrogens is 304 g/mol. The van der Waals surface area contributed by atoms with Crippen molar-refractivity contribution < 1.29 is 9.53 Å². The Morgan fingerprint density at radius 1 is 1.17 bits per heavy atom. The zero-order valence-corrected chi connectivity index (χ0v) is 13.3. The van der Waals surface area contributed by atoms with Crippen molar-refractivity contribution in [3.63, 3.8) is 0 Å². The third-order valence-corrected chi connectivity index (χ3v) is 3.52. The molecule has 0 radical (unpaired) electrons. The highest BCUT2D eigenvalue weighted by Crippen LogP contribution is 2.18. The quantitative estimate of drug-likeness (QED) is 0.757. The Hall–Kier alpha value is -2.99. The molecule has 1 N–H and O–H groups in total. The molecule has 0 unspecified atom stereocenters. The zero-order valence-electron chi connectivity index (χ0n) is 13.3. The largest absolute Gasteiger partial charge is 0.367 e. The zero-order chi connectivity index (χ0) is 16.8. The van der Waals surface area contributed by atoms with Gasteiger partial charge in [-0.2, -0.15) is 5.10 Å². The normalized spacial score (nSPS) is 11.9. The Balaban J connectivity index is 1.66. The van der Waals surface area contributed by atoms with E-state index in [4.69, 9.17) is 4.74 Å². The summed E-state index contributed by atoms with van der Waals surface area (Å²) in [5.74, 6) is 0.223. The molecule has 3 rings (SSSR count). The molecule has 3 aromatic rings. The van der Waals surface area contributed by atoms with Gasteiger partial charge in [0.15, 0.2) is 11.9 Å². The smallest absolute Gasteiger partial charge is 0.259 e. The van der Waals surface area contributed by atoms with Crippen LogP contribution in [0.3, 0.4) is 0 Å². The van der Waals surface area contributed by atoms with Crippen molar-refractivity contribution >= 4 is 11.7 Å². The van der Waals surface area contributed by atoms with Crippen LogP contribution in [0.25, 0.3) is 0 Å². The van der Waals surface area contributed by atoms with Crippen molar-refractivity contribution in [3.8, 4) is 0 Å². The second kappa shape index (κ2) is 7.52. The number of carbonyl (C=O) groups is 1. The standard InChI is InChI=1S/C18H18N4O2/c1-24-17(14-7-3-2-4-8-14)18(23)20-16-10-12-22(21-16)13-15-9-5-6-11-19-15/h2-12,17H,13H2,1H3,(H,20,21,23)/t17-/m1/s1. The van der Waals surface area contributed by atoms with Gasteiger partial charge in [-0.15, -0.1) is 0 Å². The first-order chi connectivity index (χ1) is 11.8. The molecular formula is C18H18N4O2. The summed E-state index contributed by atoms with van der Waals surface area (Å²) >= 11 is 0. The maximum absolute atomic E-state index is 12.4. The van der Waals surface area contributed by atoms with Gasteiger partial charge >= 0.3 is 0 Å². The summed E-state index contributed by atoms with van der Waals surface area (Å²) in [5, 5.41) is 7.13. The molecule has 0 aliphatic rings. The van der Waals surface area contributed by atoms with E-state index in [-0.39, 0.29) is 5.91 Å². The van der Waals surface area contributed by atoms with Crippen LogP contribution in [0.1, 0.15) is 17.4 Å². The summed E-state index contributed by atoms with van der Waals surface area (Å²) in [6.07, 6.45) is 2.87. The molecule has 24 heavy (non-hydrogen) atoms. The van der Waals surface area contributed by atoms with Crippen LogP contribution in [0.2, 0.25) is 0 Å². The average Bonchev–Trinajstić information content (AvgIpc) is 3.04. The van der Waals surface area contributed by atoms with E-state index >= 15 is 0 Å². The number of amides is 1. The first-order valence-electron chi connectivity index (χ1n) is 7.58. The van der Waals surface area contributed by atoms with Crippen molar-refractivity contribution in [2.45, 2.75) is 12.6 Å². The van der Waals surface area contributed by atoms with Crippen molar-refractivity contribution in [2.24, 2.45) is 0 Å². The SMILES string of the molecule is CO[C@@H](C(=O)Nc1ccn(Cc2ccccn2)n1)c1ccccc1. The molecule has 0 saturated heterocycles. The monoisotopic (exact) mass is 322 g/mol. The van der Waals surface area contributed by atoms with Crippen molar-refractivity contribution in [1.29, 1.82) is 0 Å². The van der Waals surface area contributed by atoms with E-state index in [1.54, 1.807) is 23.1 Å². The number of hydrogen-bond acceptors (Lipinski definition) is 4. The predicted molar refractivity (Wildman–Crippen MR) is 90.4 cm³/mol. The molecule has 1 amide bonds. The van der Waals surface area contributed by atoms with Gasteiger partial charge in [0.05, 0.1) is 12.2 Å². The van der Waals surface area contributed by atoms with Gasteiger partial charge in [-0.3, -0.25) is 14.5 Å². The van der Waals surface area contributed by atoms with E-state index in [2.05, 4.69) is 15.4 Å². The fourth-order valence-corrected chi connectivity index (χ4v) is 2.39. The van der Waals surface area contributed by atoms with Crippen LogP contribution < -0.4 is 5.32 Å². The van der Waals surface area contributed by atoms with Gasteiger partial charge in [-0.05, 0) is 17.7 Å². The Bertz CT molecular complexity index is 787. The second-order valence-electron chi connectivity index (χ2n) is 5.24. The molecule has 0 spiro atoms. The van der Waals surface area contributed by atoms with Crippen molar-refractivity contribution in [2.75, 3.05) is 12.4 Å². The van der Waals surface area contributed by atoms with E-state index in [0.717, 1.165) is 11.3 Å². The maximum Gasteiger partial charge on any atom is 0.259 e. The van der Waals surface area contributed by atoms with Crippen LogP contribution in [0.4, 0.5) is 5.82 Å². The van der Waals surface area contributed by atoms with Gasteiger partial charge in [-0.1, -0.05) is 36.4 Å². The predicted octanol–water partition coefficient (Wildman–Crippen LogP) is 2.65. The van der Waals surface area contributed by atoms with Gasteiger partial charge in [-0.25, -0.2) is 0 Å². The van der Waals surface area contributed by atoms with E-state index in [1.165, 1.54) is 7.11 Å². The minimum atomic E-state index is -0.674. The van der Waals surface area contributed by atoms with Crippen LogP contribution in [-0.4, -0.2) is 27.8 Å². The molecule has 122 valence electrons. The van der Waals surface area contributed by atoms with E-state index in [1.807, 2.05) is 48.5 Å². The van der Waals surface area contributed by atoms with E-state index in [9.17, 15) is 4.79 Å². The second-order valence-corrected chi connectivity index (χ2v) is 5.24. The molecule has 0 fully saturated rings. The van der Waals surface area contributed by atoms with Crippen LogP contribution in [0.15, 0.2) is 67.0 Å². The third kappa shape index (κ3) is 3.85. The number of ether oxygens (including phenoxy) is 1. The van der Waals surface area contributed by atoms with Crippen molar-refractivity contribution in [1.82, 2.24) is 14.8 Å². The Labute approximate surface area is 140 Å². The summed E-state index contributed by atoms with van der Waals surface area (Å²) in [5.41, 5.74) is 1.70. The van der Waals surface area contributed by atoms with Crippen LogP contribution in [0, 0.1) is 0 Å². The number of pyridine rings is 1. The van der Waals surface area contributed by atoms with E-state index in [0.29, 0.717) is 12.4 Å². The summed E-state index contributed by atoms with van der Waals surface area (Å²) in [6.45, 7) is 0.545. The number of benzene rings is 1. The topological polar surface area (TPSA) is 69.0 Å². The van der Waals surface area contributed by atoms with Crippen LogP contribution in [-0.2, 0) is 16.1 Å². The summed E-state index contributed by atoms with van der Waals surface area (Å²) in [4.78, 5) is 16.7. The number of methoxy groups -OCH3 is 1. The fourth-order valence-electron chi connectivity index (χ4n) is 2.39. The highest BCUT2D eigenvalue weighted by Gasteiger charge is 2.20. The number of carbonyl (C=O) groups excluding carboxylic acids is 1. The highest BCUT2D eigenvalue weighted by atomic mass is 16.5. The molecule has 6 heteroatoms. The summed E-state index contributed by atoms with van der Waals surface area (Å²) < 4.78 is 7.04. The highest BCUT2D eigenvalue weighted by molar-refractivity contribution is 5.94. The van der Waals surface area contributed by atoms with Crippen LogP contribution >= 0.6 is 0 Å². The molecule has 0 aliphatic carbocycles. The molecule has 0 bridgehead atoms. The molecule has 2 aromatic heterocycles. The molecule has 1 atom stereocenters. The maximum atomic E-state index is 12.4. The minimum Gasteiger partial charge on any atom is -0.367 e. The lowest BCUT2D eigenvalue weighted by Crippen LogP contribution is -2.23. The Morgan fingerprint density at radius 2 is 1.96 bits per heavy atom. The Kier molecular flexibility index (Phi) is 4.98. The third-order valence-electron chi connectivity index (χ3n) is 3.52. The number of rotatable bonds is 6.